The van der Waals surface area contributed by atoms with E-state index in [9.17, 15) is 24.3 Å². The molecule has 0 aliphatic heterocycles. The van der Waals surface area contributed by atoms with Gasteiger partial charge in [0.15, 0.2) is 0 Å². The van der Waals surface area contributed by atoms with Gasteiger partial charge < -0.3 is 32.1 Å². The maximum Gasteiger partial charge on any atom is 0.326 e. The van der Waals surface area contributed by atoms with Gasteiger partial charge in [0.1, 0.15) is 11.9 Å². The Morgan fingerprint density at radius 3 is 2.30 bits per heavy atom. The molecule has 0 saturated heterocycles. The number of benzene rings is 1. The van der Waals surface area contributed by atoms with E-state index in [1.165, 1.54) is 12.1 Å². The summed E-state index contributed by atoms with van der Waals surface area (Å²) in [7, 11) is 0. The first-order valence-electron chi connectivity index (χ1n) is 10.2. The standard InChI is InChI=1S/C21H27N5O7/c22-17-14(19(31)26-21(23)25-17)3-1-2-13(10-27)11-4-6-12(7-5-11)18(30)24-15(20(32)33)8-9-16(28)29/h4-7,13,15,27H,1-3,8-10H2,(H,24,30)(H,28,29)(H,32,33)(H5,22,23,25,26,31). The molecule has 2 aromatic rings. The van der Waals surface area contributed by atoms with E-state index in [0.717, 1.165) is 5.56 Å². The molecule has 1 aromatic carbocycles. The third kappa shape index (κ3) is 7.31. The SMILES string of the molecule is Nc1nc(N)c(CCCC(CO)c2ccc(C(=O)NC(CCC(=O)O)C(=O)O)cc2)c(=O)[nH]1. The van der Waals surface area contributed by atoms with Gasteiger partial charge in [-0.1, -0.05) is 12.1 Å². The topological polar surface area (TPSA) is 222 Å². The average Bonchev–Trinajstić information content (AvgIpc) is 2.75. The highest BCUT2D eigenvalue weighted by atomic mass is 16.4. The molecule has 2 rings (SSSR count). The summed E-state index contributed by atoms with van der Waals surface area (Å²) in [5, 5.41) is 30.0. The van der Waals surface area contributed by atoms with Gasteiger partial charge in [0.2, 0.25) is 5.95 Å². The Balaban J connectivity index is 1.99. The Kier molecular flexibility index (Phi) is 8.92. The van der Waals surface area contributed by atoms with E-state index < -0.39 is 35.9 Å². The molecule has 0 fully saturated rings. The molecule has 33 heavy (non-hydrogen) atoms. The Morgan fingerprint density at radius 2 is 1.76 bits per heavy atom. The van der Waals surface area contributed by atoms with Crippen molar-refractivity contribution in [2.24, 2.45) is 0 Å². The lowest BCUT2D eigenvalue weighted by Gasteiger charge is -2.16. The van der Waals surface area contributed by atoms with Gasteiger partial charge in [-0.25, -0.2) is 4.79 Å². The molecule has 1 amide bonds. The molecule has 2 unspecified atom stereocenters. The van der Waals surface area contributed by atoms with Crippen LogP contribution in [0.1, 0.15) is 53.1 Å². The number of aliphatic hydroxyl groups excluding tert-OH is 1. The number of rotatable bonds is 12. The molecule has 1 heterocycles. The number of aliphatic carboxylic acids is 2. The zero-order valence-corrected chi connectivity index (χ0v) is 17.8. The number of nitrogens with zero attached hydrogens (tertiary/aromatic N) is 1. The third-order valence-electron chi connectivity index (χ3n) is 5.16. The Bertz CT molecular complexity index is 1050. The van der Waals surface area contributed by atoms with Gasteiger partial charge in [0.05, 0.1) is 5.56 Å². The molecule has 0 aliphatic rings. The smallest absolute Gasteiger partial charge is 0.326 e. The van der Waals surface area contributed by atoms with E-state index >= 15 is 0 Å². The maximum absolute atomic E-state index is 12.3. The highest BCUT2D eigenvalue weighted by molar-refractivity contribution is 5.96. The number of carbonyl (C=O) groups excluding carboxylic acids is 1. The first-order valence-corrected chi connectivity index (χ1v) is 10.2. The molecule has 0 saturated carbocycles. The van der Waals surface area contributed by atoms with Crippen molar-refractivity contribution in [3.8, 4) is 0 Å². The molecule has 1 aromatic heterocycles. The summed E-state index contributed by atoms with van der Waals surface area (Å²) < 4.78 is 0. The number of carbonyl (C=O) groups is 3. The van der Waals surface area contributed by atoms with Crippen LogP contribution in [0, 0.1) is 0 Å². The highest BCUT2D eigenvalue weighted by Crippen LogP contribution is 2.23. The molecule has 2 atom stereocenters. The fourth-order valence-electron chi connectivity index (χ4n) is 3.34. The van der Waals surface area contributed by atoms with Crippen LogP contribution in [0.3, 0.4) is 0 Å². The Hall–Kier alpha value is -3.93. The monoisotopic (exact) mass is 461 g/mol. The number of aliphatic hydroxyl groups is 1. The number of nitrogens with one attached hydrogen (secondary N) is 2. The molecule has 0 spiro atoms. The third-order valence-corrected chi connectivity index (χ3v) is 5.16. The number of hydrogen-bond donors (Lipinski definition) is 7. The molecule has 12 nitrogen and oxygen atoms in total. The van der Waals surface area contributed by atoms with Crippen molar-refractivity contribution in [3.63, 3.8) is 0 Å². The summed E-state index contributed by atoms with van der Waals surface area (Å²) in [6, 6.07) is 4.96. The number of carboxylic acids is 2. The van der Waals surface area contributed by atoms with E-state index in [1.807, 2.05) is 0 Å². The minimum absolute atomic E-state index is 0.0600. The fourth-order valence-corrected chi connectivity index (χ4v) is 3.34. The van der Waals surface area contributed by atoms with Crippen molar-refractivity contribution < 1.29 is 29.7 Å². The number of anilines is 2. The van der Waals surface area contributed by atoms with Gasteiger partial charge in [0.25, 0.3) is 11.5 Å². The van der Waals surface area contributed by atoms with Gasteiger partial charge in [-0.05, 0) is 43.4 Å². The number of aromatic nitrogens is 2. The van der Waals surface area contributed by atoms with Crippen LogP contribution in [-0.2, 0) is 16.0 Å². The number of H-pyrrole nitrogens is 1. The van der Waals surface area contributed by atoms with Crippen molar-refractivity contribution in [1.29, 1.82) is 0 Å². The fraction of sp³-hybridized carbons (Fsp3) is 0.381. The van der Waals surface area contributed by atoms with Crippen molar-refractivity contribution in [1.82, 2.24) is 15.3 Å². The second-order valence-electron chi connectivity index (χ2n) is 7.51. The zero-order valence-electron chi connectivity index (χ0n) is 17.8. The van der Waals surface area contributed by atoms with E-state index in [4.69, 9.17) is 21.7 Å². The Morgan fingerprint density at radius 1 is 1.09 bits per heavy atom. The van der Waals surface area contributed by atoms with Crippen molar-refractivity contribution in [2.75, 3.05) is 18.1 Å². The number of aromatic amines is 1. The molecular formula is C21H27N5O7. The molecular weight excluding hydrogens is 434 g/mol. The second kappa shape index (κ2) is 11.6. The first-order chi connectivity index (χ1) is 15.6. The number of amides is 1. The lowest BCUT2D eigenvalue weighted by atomic mass is 9.92. The summed E-state index contributed by atoms with van der Waals surface area (Å²) in [6.07, 6.45) is 0.784. The zero-order chi connectivity index (χ0) is 24.5. The van der Waals surface area contributed by atoms with Crippen LogP contribution in [0.2, 0.25) is 0 Å². The van der Waals surface area contributed by atoms with E-state index in [0.29, 0.717) is 24.8 Å². The predicted molar refractivity (Wildman–Crippen MR) is 119 cm³/mol. The summed E-state index contributed by atoms with van der Waals surface area (Å²) in [5.74, 6) is -3.38. The molecule has 0 bridgehead atoms. The van der Waals surface area contributed by atoms with Crippen LogP contribution in [0.15, 0.2) is 29.1 Å². The van der Waals surface area contributed by atoms with Gasteiger partial charge in [0, 0.05) is 24.5 Å². The second-order valence-corrected chi connectivity index (χ2v) is 7.51. The van der Waals surface area contributed by atoms with Gasteiger partial charge in [-0.3, -0.25) is 19.4 Å². The number of hydrogen-bond acceptors (Lipinski definition) is 8. The van der Waals surface area contributed by atoms with Crippen LogP contribution in [0.5, 0.6) is 0 Å². The summed E-state index contributed by atoms with van der Waals surface area (Å²) in [5.41, 5.74) is 12.1. The van der Waals surface area contributed by atoms with E-state index in [2.05, 4.69) is 15.3 Å². The lowest BCUT2D eigenvalue weighted by Crippen LogP contribution is -2.41. The predicted octanol–water partition coefficient (Wildman–Crippen LogP) is 0.0809. The average molecular weight is 461 g/mol. The van der Waals surface area contributed by atoms with Crippen LogP contribution in [0.4, 0.5) is 11.8 Å². The normalized spacial score (nSPS) is 12.6. The highest BCUT2D eigenvalue weighted by Gasteiger charge is 2.22. The van der Waals surface area contributed by atoms with Crippen molar-refractivity contribution in [2.45, 2.75) is 44.1 Å². The van der Waals surface area contributed by atoms with Gasteiger partial charge in [-0.2, -0.15) is 4.98 Å². The quantitative estimate of drug-likeness (QED) is 0.225. The molecule has 178 valence electrons. The minimum atomic E-state index is -1.32. The maximum atomic E-state index is 12.3. The Labute approximate surface area is 188 Å². The van der Waals surface area contributed by atoms with E-state index in [1.54, 1.807) is 12.1 Å². The summed E-state index contributed by atoms with van der Waals surface area (Å²) >= 11 is 0. The van der Waals surface area contributed by atoms with Crippen LogP contribution in [0.25, 0.3) is 0 Å². The van der Waals surface area contributed by atoms with Crippen LogP contribution in [-0.4, -0.2) is 55.8 Å². The lowest BCUT2D eigenvalue weighted by molar-refractivity contribution is -0.140. The molecule has 0 radical (unpaired) electrons. The number of nitrogens with two attached hydrogens (primary N) is 2. The first kappa shape index (κ1) is 25.3. The largest absolute Gasteiger partial charge is 0.481 e. The van der Waals surface area contributed by atoms with E-state index in [-0.39, 0.29) is 36.3 Å². The molecule has 9 N–H and O–H groups in total. The van der Waals surface area contributed by atoms with Gasteiger partial charge in [-0.15, -0.1) is 0 Å². The molecule has 12 heteroatoms. The minimum Gasteiger partial charge on any atom is -0.481 e. The van der Waals surface area contributed by atoms with Crippen LogP contribution < -0.4 is 22.3 Å². The summed E-state index contributed by atoms with van der Waals surface area (Å²) in [6.45, 7) is -0.159. The van der Waals surface area contributed by atoms with Crippen LogP contribution >= 0.6 is 0 Å². The van der Waals surface area contributed by atoms with Gasteiger partial charge >= 0.3 is 11.9 Å². The van der Waals surface area contributed by atoms with Crippen molar-refractivity contribution >= 4 is 29.6 Å². The number of nitrogen functional groups attached to an aromatic ring is 2. The van der Waals surface area contributed by atoms with Crippen molar-refractivity contribution in [3.05, 3.63) is 51.3 Å². The summed E-state index contributed by atoms with van der Waals surface area (Å²) in [4.78, 5) is 52.4. The number of carboxylic acid groups (broad SMARTS) is 2. The molecule has 0 aliphatic carbocycles.